The minimum Gasteiger partial charge on any atom is -0.431 e. The van der Waals surface area contributed by atoms with Crippen molar-refractivity contribution < 1.29 is 23.1 Å². The highest BCUT2D eigenvalue weighted by Crippen LogP contribution is 2.45. The van der Waals surface area contributed by atoms with Gasteiger partial charge in [0, 0.05) is 43.9 Å². The maximum atomic E-state index is 13.8. The van der Waals surface area contributed by atoms with Gasteiger partial charge >= 0.3 is 12.1 Å². The molecule has 0 saturated carbocycles. The normalized spacial score (nSPS) is 22.0. The Morgan fingerprint density at radius 3 is 2.11 bits per heavy atom. The maximum absolute atomic E-state index is 13.8. The summed E-state index contributed by atoms with van der Waals surface area (Å²) in [5.41, 5.74) is -0.164. The van der Waals surface area contributed by atoms with E-state index in [0.717, 1.165) is 19.6 Å². The number of urea groups is 1. The predicted octanol–water partition coefficient (Wildman–Crippen LogP) is 3.54. The molecule has 0 aliphatic carbocycles. The topological polar surface area (TPSA) is 65.1 Å². The number of ether oxygens (including phenoxy) is 1. The Kier molecular flexibility index (Phi) is 6.60. The number of hydrogen-bond donors (Lipinski definition) is 1. The first-order valence-corrected chi connectivity index (χ1v) is 12.2. The molecule has 0 aromatic heterocycles. The standard InChI is InChI=1S/C26H30F2N4O3/c27-21-8-4-19(5-9-21)26(20-6-10-22(28)11-7-20)23-18-31(16-17-32(23)25(34)35-26)24(33)29-12-15-30-13-2-1-3-14-30/h4-11,23H,1-3,12-18H2,(H,29,33). The summed E-state index contributed by atoms with van der Waals surface area (Å²) in [6, 6.07) is 10.8. The molecular formula is C26H30F2N4O3. The summed E-state index contributed by atoms with van der Waals surface area (Å²) in [4.78, 5) is 31.7. The van der Waals surface area contributed by atoms with Crippen LogP contribution in [0, 0.1) is 11.6 Å². The van der Waals surface area contributed by atoms with Crippen molar-refractivity contribution in [2.24, 2.45) is 0 Å². The van der Waals surface area contributed by atoms with Crippen LogP contribution in [-0.2, 0) is 10.3 Å². The Morgan fingerprint density at radius 2 is 1.51 bits per heavy atom. The van der Waals surface area contributed by atoms with Crippen LogP contribution < -0.4 is 5.32 Å². The quantitative estimate of drug-likeness (QED) is 0.705. The van der Waals surface area contributed by atoms with Crippen LogP contribution in [-0.4, -0.2) is 78.7 Å². The van der Waals surface area contributed by atoms with Crippen LogP contribution in [0.5, 0.6) is 0 Å². The highest BCUT2D eigenvalue weighted by atomic mass is 19.1. The van der Waals surface area contributed by atoms with E-state index in [4.69, 9.17) is 4.74 Å². The van der Waals surface area contributed by atoms with Gasteiger partial charge in [0.1, 0.15) is 17.7 Å². The lowest BCUT2D eigenvalue weighted by atomic mass is 9.79. The Balaban J connectivity index is 1.38. The molecule has 3 amide bonds. The molecule has 0 spiro atoms. The summed E-state index contributed by atoms with van der Waals surface area (Å²) in [7, 11) is 0. The fraction of sp³-hybridized carbons (Fsp3) is 0.462. The van der Waals surface area contributed by atoms with Crippen LogP contribution in [0.15, 0.2) is 48.5 Å². The summed E-state index contributed by atoms with van der Waals surface area (Å²) in [5.74, 6) is -0.829. The van der Waals surface area contributed by atoms with E-state index >= 15 is 0 Å². The number of amides is 3. The van der Waals surface area contributed by atoms with E-state index < -0.39 is 29.4 Å². The van der Waals surface area contributed by atoms with Crippen molar-refractivity contribution >= 4 is 12.1 Å². The maximum Gasteiger partial charge on any atom is 0.411 e. The van der Waals surface area contributed by atoms with E-state index in [1.54, 1.807) is 34.1 Å². The van der Waals surface area contributed by atoms with Gasteiger partial charge in [0.05, 0.1) is 0 Å². The van der Waals surface area contributed by atoms with Crippen LogP contribution >= 0.6 is 0 Å². The Labute approximate surface area is 203 Å². The lowest BCUT2D eigenvalue weighted by Gasteiger charge is -2.42. The van der Waals surface area contributed by atoms with Crippen molar-refractivity contribution in [3.05, 3.63) is 71.3 Å². The SMILES string of the molecule is O=C(NCCN1CCCCC1)N1CCN2C(=O)OC(c3ccc(F)cc3)(c3ccc(F)cc3)C2C1. The fourth-order valence-electron chi connectivity index (χ4n) is 5.48. The molecule has 2 aromatic rings. The summed E-state index contributed by atoms with van der Waals surface area (Å²) in [5, 5.41) is 3.01. The third-order valence-electron chi connectivity index (χ3n) is 7.32. The highest BCUT2D eigenvalue weighted by molar-refractivity contribution is 5.77. The van der Waals surface area contributed by atoms with E-state index in [9.17, 15) is 18.4 Å². The van der Waals surface area contributed by atoms with Gasteiger partial charge in [-0.05, 0) is 50.2 Å². The van der Waals surface area contributed by atoms with Gasteiger partial charge < -0.3 is 19.9 Å². The van der Waals surface area contributed by atoms with Crippen LogP contribution in [0.25, 0.3) is 0 Å². The molecule has 0 bridgehead atoms. The second-order valence-corrected chi connectivity index (χ2v) is 9.41. The minimum absolute atomic E-state index is 0.187. The molecule has 1 unspecified atom stereocenters. The van der Waals surface area contributed by atoms with Crippen molar-refractivity contribution in [1.29, 1.82) is 0 Å². The van der Waals surface area contributed by atoms with Crippen molar-refractivity contribution in [3.8, 4) is 0 Å². The third-order valence-corrected chi connectivity index (χ3v) is 7.32. The smallest absolute Gasteiger partial charge is 0.411 e. The Bertz CT molecular complexity index is 1010. The van der Waals surface area contributed by atoms with Gasteiger partial charge in [-0.2, -0.15) is 0 Å². The second-order valence-electron chi connectivity index (χ2n) is 9.41. The molecule has 3 fully saturated rings. The zero-order valence-corrected chi connectivity index (χ0v) is 19.6. The fourth-order valence-corrected chi connectivity index (χ4v) is 5.48. The lowest BCUT2D eigenvalue weighted by molar-refractivity contribution is 0.0510. The van der Waals surface area contributed by atoms with Gasteiger partial charge in [0.2, 0.25) is 0 Å². The number of cyclic esters (lactones) is 1. The van der Waals surface area contributed by atoms with Crippen LogP contribution in [0.4, 0.5) is 18.4 Å². The number of piperazine rings is 1. The minimum atomic E-state index is -1.30. The van der Waals surface area contributed by atoms with E-state index in [1.165, 1.54) is 43.5 Å². The lowest BCUT2D eigenvalue weighted by Crippen LogP contribution is -2.60. The molecule has 3 saturated heterocycles. The van der Waals surface area contributed by atoms with Gasteiger partial charge in [0.25, 0.3) is 0 Å². The molecule has 3 heterocycles. The zero-order valence-electron chi connectivity index (χ0n) is 19.6. The number of halogens is 2. The molecule has 7 nitrogen and oxygen atoms in total. The first kappa shape index (κ1) is 23.5. The summed E-state index contributed by atoms with van der Waals surface area (Å²) in [6.45, 7) is 4.42. The van der Waals surface area contributed by atoms with Gasteiger partial charge in [0.15, 0.2) is 5.60 Å². The second kappa shape index (κ2) is 9.81. The number of piperidine rings is 1. The molecule has 35 heavy (non-hydrogen) atoms. The molecule has 0 radical (unpaired) electrons. The van der Waals surface area contributed by atoms with Gasteiger partial charge in [-0.3, -0.25) is 4.90 Å². The number of likely N-dealkylation sites (tertiary alicyclic amines) is 1. The molecule has 1 atom stereocenters. The number of carbonyl (C=O) groups excluding carboxylic acids is 2. The average molecular weight is 485 g/mol. The van der Waals surface area contributed by atoms with Crippen molar-refractivity contribution in [2.45, 2.75) is 30.9 Å². The van der Waals surface area contributed by atoms with Gasteiger partial charge in [-0.25, -0.2) is 18.4 Å². The van der Waals surface area contributed by atoms with Gasteiger partial charge in [-0.1, -0.05) is 30.7 Å². The molecular weight excluding hydrogens is 454 g/mol. The van der Waals surface area contributed by atoms with E-state index in [2.05, 4.69) is 10.2 Å². The van der Waals surface area contributed by atoms with Crippen molar-refractivity contribution in [2.75, 3.05) is 45.8 Å². The van der Waals surface area contributed by atoms with Crippen LogP contribution in [0.3, 0.4) is 0 Å². The number of fused-ring (bicyclic) bond motifs is 1. The number of nitrogens with zero attached hydrogens (tertiary/aromatic N) is 3. The monoisotopic (exact) mass is 484 g/mol. The van der Waals surface area contributed by atoms with Gasteiger partial charge in [-0.15, -0.1) is 0 Å². The number of nitrogens with one attached hydrogen (secondary N) is 1. The first-order valence-electron chi connectivity index (χ1n) is 12.2. The zero-order chi connectivity index (χ0) is 24.4. The molecule has 3 aliphatic rings. The highest BCUT2D eigenvalue weighted by Gasteiger charge is 2.58. The molecule has 1 N–H and O–H groups in total. The molecule has 3 aliphatic heterocycles. The summed E-state index contributed by atoms with van der Waals surface area (Å²) < 4.78 is 33.5. The Hall–Kier alpha value is -3.20. The molecule has 5 rings (SSSR count). The van der Waals surface area contributed by atoms with E-state index in [0.29, 0.717) is 30.8 Å². The number of hydrogen-bond acceptors (Lipinski definition) is 4. The van der Waals surface area contributed by atoms with Crippen LogP contribution in [0.2, 0.25) is 0 Å². The predicted molar refractivity (Wildman–Crippen MR) is 126 cm³/mol. The largest absolute Gasteiger partial charge is 0.431 e. The summed E-state index contributed by atoms with van der Waals surface area (Å²) >= 11 is 0. The third kappa shape index (κ3) is 4.57. The first-order chi connectivity index (χ1) is 17.0. The van der Waals surface area contributed by atoms with E-state index in [1.807, 2.05) is 0 Å². The molecule has 186 valence electrons. The Morgan fingerprint density at radius 1 is 0.914 bits per heavy atom. The van der Waals surface area contributed by atoms with Crippen molar-refractivity contribution in [3.63, 3.8) is 0 Å². The van der Waals surface area contributed by atoms with Crippen LogP contribution in [0.1, 0.15) is 30.4 Å². The summed E-state index contributed by atoms with van der Waals surface area (Å²) in [6.07, 6.45) is 3.15. The number of rotatable bonds is 5. The van der Waals surface area contributed by atoms with E-state index in [-0.39, 0.29) is 12.6 Å². The van der Waals surface area contributed by atoms with Crippen molar-refractivity contribution in [1.82, 2.24) is 20.0 Å². The number of carbonyl (C=O) groups is 2. The molecule has 2 aromatic carbocycles. The average Bonchev–Trinajstić information content (AvgIpc) is 3.18. The molecule has 9 heteroatoms. The number of benzene rings is 2.